The van der Waals surface area contributed by atoms with Crippen LogP contribution in [0.2, 0.25) is 0 Å². The molecule has 0 saturated carbocycles. The van der Waals surface area contributed by atoms with Crippen molar-refractivity contribution in [3.05, 3.63) is 131 Å². The Hall–Kier alpha value is -3.42. The molecule has 29 heavy (non-hydrogen) atoms. The molecular formula is C28H23N. The lowest BCUT2D eigenvalue weighted by Gasteiger charge is -2.15. The number of nitrogens with one attached hydrogen (secondary N) is 1. The Kier molecular flexibility index (Phi) is 4.81. The molecular weight excluding hydrogens is 350 g/mol. The van der Waals surface area contributed by atoms with Gasteiger partial charge in [-0.15, -0.1) is 0 Å². The van der Waals surface area contributed by atoms with Gasteiger partial charge in [-0.1, -0.05) is 115 Å². The van der Waals surface area contributed by atoms with Crippen LogP contribution in [0.3, 0.4) is 0 Å². The van der Waals surface area contributed by atoms with Crippen molar-refractivity contribution in [2.24, 2.45) is 0 Å². The maximum Gasteiger partial charge on any atom is 0.0588 e. The maximum atomic E-state index is 3.67. The lowest BCUT2D eigenvalue weighted by molar-refractivity contribution is 0.666. The molecule has 1 aliphatic heterocycles. The van der Waals surface area contributed by atoms with Gasteiger partial charge in [0, 0.05) is 6.54 Å². The van der Waals surface area contributed by atoms with E-state index in [1.54, 1.807) is 0 Å². The molecule has 5 rings (SSSR count). The van der Waals surface area contributed by atoms with Gasteiger partial charge in [0.15, 0.2) is 0 Å². The van der Waals surface area contributed by atoms with Crippen LogP contribution in [0.25, 0.3) is 23.3 Å². The number of hydrogen-bond donors (Lipinski definition) is 1. The molecule has 1 atom stereocenters. The third kappa shape index (κ3) is 3.65. The van der Waals surface area contributed by atoms with E-state index in [4.69, 9.17) is 0 Å². The molecule has 0 amide bonds. The van der Waals surface area contributed by atoms with Gasteiger partial charge in [0.2, 0.25) is 0 Å². The van der Waals surface area contributed by atoms with Gasteiger partial charge >= 0.3 is 0 Å². The lowest BCUT2D eigenvalue weighted by atomic mass is 9.94. The first-order valence-electron chi connectivity index (χ1n) is 10.1. The molecule has 1 heterocycles. The molecule has 1 heteroatoms. The summed E-state index contributed by atoms with van der Waals surface area (Å²) < 4.78 is 0. The summed E-state index contributed by atoms with van der Waals surface area (Å²) in [5, 5.41) is 3.67. The molecule has 4 aromatic carbocycles. The monoisotopic (exact) mass is 373 g/mol. The van der Waals surface area contributed by atoms with Gasteiger partial charge in [0.1, 0.15) is 0 Å². The summed E-state index contributed by atoms with van der Waals surface area (Å²) >= 11 is 0. The van der Waals surface area contributed by atoms with Crippen molar-refractivity contribution in [1.82, 2.24) is 5.32 Å². The second-order valence-electron chi connectivity index (χ2n) is 7.46. The zero-order valence-electron chi connectivity index (χ0n) is 16.3. The van der Waals surface area contributed by atoms with E-state index < -0.39 is 0 Å². The van der Waals surface area contributed by atoms with E-state index in [0.29, 0.717) is 0 Å². The Labute approximate surface area is 172 Å². The van der Waals surface area contributed by atoms with Crippen LogP contribution < -0.4 is 5.32 Å². The molecule has 0 aliphatic carbocycles. The van der Waals surface area contributed by atoms with Crippen molar-refractivity contribution in [3.63, 3.8) is 0 Å². The minimum atomic E-state index is 0.257. The quantitative estimate of drug-likeness (QED) is 0.392. The molecule has 0 radical (unpaired) electrons. The number of hydrogen-bond acceptors (Lipinski definition) is 1. The number of fused-ring (bicyclic) bond motifs is 1. The highest BCUT2D eigenvalue weighted by atomic mass is 14.9. The Bertz CT molecular complexity index is 1140. The van der Waals surface area contributed by atoms with Crippen molar-refractivity contribution in [3.8, 4) is 11.1 Å². The third-order valence-corrected chi connectivity index (χ3v) is 5.64. The summed E-state index contributed by atoms with van der Waals surface area (Å²) in [4.78, 5) is 0. The van der Waals surface area contributed by atoms with Gasteiger partial charge in [0.05, 0.1) is 6.04 Å². The van der Waals surface area contributed by atoms with Gasteiger partial charge in [-0.05, 0) is 38.9 Å². The minimum absolute atomic E-state index is 0.257. The summed E-state index contributed by atoms with van der Waals surface area (Å²) in [5.41, 5.74) is 9.07. The van der Waals surface area contributed by atoms with E-state index in [-0.39, 0.29) is 6.04 Å². The second-order valence-corrected chi connectivity index (χ2v) is 7.46. The molecule has 0 fully saturated rings. The molecule has 0 saturated heterocycles. The van der Waals surface area contributed by atoms with Crippen LogP contribution in [0.15, 0.2) is 103 Å². The Morgan fingerprint density at radius 1 is 0.586 bits per heavy atom. The van der Waals surface area contributed by atoms with Crippen molar-refractivity contribution < 1.29 is 0 Å². The topological polar surface area (TPSA) is 12.0 Å². The SMILES string of the molecule is C(=Cc1ccccc1C1NCc2ccccc21)c1ccc(-c2ccccc2)cc1. The van der Waals surface area contributed by atoms with Gasteiger partial charge in [-0.3, -0.25) is 0 Å². The standard InChI is InChI=1S/C28H23N/c1-2-8-22(9-3-1)23-17-14-21(15-18-23)16-19-24-10-4-6-12-26(24)28-27-13-7-5-11-25(27)20-29-28/h1-19,28-29H,20H2. The van der Waals surface area contributed by atoms with Gasteiger partial charge in [-0.25, -0.2) is 0 Å². The van der Waals surface area contributed by atoms with Crippen LogP contribution >= 0.6 is 0 Å². The van der Waals surface area contributed by atoms with Crippen LogP contribution in [-0.2, 0) is 6.54 Å². The second kappa shape index (κ2) is 7.90. The van der Waals surface area contributed by atoms with Crippen LogP contribution in [-0.4, -0.2) is 0 Å². The van der Waals surface area contributed by atoms with E-state index in [9.17, 15) is 0 Å². The Morgan fingerprint density at radius 2 is 1.24 bits per heavy atom. The molecule has 4 aromatic rings. The Morgan fingerprint density at radius 3 is 2.07 bits per heavy atom. The largest absolute Gasteiger partial charge is 0.302 e. The fraction of sp³-hybridized carbons (Fsp3) is 0.0714. The van der Waals surface area contributed by atoms with Gasteiger partial charge in [0.25, 0.3) is 0 Å². The molecule has 0 spiro atoms. The first-order valence-corrected chi connectivity index (χ1v) is 10.1. The van der Waals surface area contributed by atoms with E-state index in [0.717, 1.165) is 6.54 Å². The fourth-order valence-corrected chi connectivity index (χ4v) is 4.11. The van der Waals surface area contributed by atoms with Crippen LogP contribution in [0.4, 0.5) is 0 Å². The van der Waals surface area contributed by atoms with Gasteiger partial charge in [-0.2, -0.15) is 0 Å². The van der Waals surface area contributed by atoms with Crippen molar-refractivity contribution in [1.29, 1.82) is 0 Å². The fourth-order valence-electron chi connectivity index (χ4n) is 4.11. The molecule has 1 N–H and O–H groups in total. The van der Waals surface area contributed by atoms with Gasteiger partial charge < -0.3 is 5.32 Å². The zero-order valence-corrected chi connectivity index (χ0v) is 16.3. The first kappa shape index (κ1) is 17.7. The average Bonchev–Trinajstić information content (AvgIpc) is 3.23. The lowest BCUT2D eigenvalue weighted by Crippen LogP contribution is -2.14. The molecule has 1 unspecified atom stereocenters. The maximum absolute atomic E-state index is 3.67. The Balaban J connectivity index is 1.41. The number of rotatable bonds is 4. The summed E-state index contributed by atoms with van der Waals surface area (Å²) in [6, 6.07) is 36.9. The highest BCUT2D eigenvalue weighted by molar-refractivity contribution is 5.73. The normalized spacial score (nSPS) is 15.5. The highest BCUT2D eigenvalue weighted by Crippen LogP contribution is 2.33. The first-order chi connectivity index (χ1) is 14.4. The van der Waals surface area contributed by atoms with Crippen molar-refractivity contribution in [2.45, 2.75) is 12.6 Å². The van der Waals surface area contributed by atoms with E-state index >= 15 is 0 Å². The smallest absolute Gasteiger partial charge is 0.0588 e. The summed E-state index contributed by atoms with van der Waals surface area (Å²) in [6.07, 6.45) is 4.43. The van der Waals surface area contributed by atoms with E-state index in [1.165, 1.54) is 38.9 Å². The molecule has 1 nitrogen and oxygen atoms in total. The van der Waals surface area contributed by atoms with Crippen molar-refractivity contribution in [2.75, 3.05) is 0 Å². The predicted octanol–water partition coefficient (Wildman–Crippen LogP) is 6.72. The van der Waals surface area contributed by atoms with Crippen LogP contribution in [0, 0.1) is 0 Å². The van der Waals surface area contributed by atoms with E-state index in [1.807, 2.05) is 0 Å². The molecule has 1 aliphatic rings. The van der Waals surface area contributed by atoms with Crippen LogP contribution in [0.1, 0.15) is 33.9 Å². The average molecular weight is 373 g/mol. The summed E-state index contributed by atoms with van der Waals surface area (Å²) in [5.74, 6) is 0. The highest BCUT2D eigenvalue weighted by Gasteiger charge is 2.23. The predicted molar refractivity (Wildman–Crippen MR) is 122 cm³/mol. The third-order valence-electron chi connectivity index (χ3n) is 5.64. The molecule has 140 valence electrons. The molecule has 0 bridgehead atoms. The summed E-state index contributed by atoms with van der Waals surface area (Å²) in [7, 11) is 0. The molecule has 0 aromatic heterocycles. The van der Waals surface area contributed by atoms with E-state index in [2.05, 4.69) is 121 Å². The zero-order chi connectivity index (χ0) is 19.5. The van der Waals surface area contributed by atoms with Crippen molar-refractivity contribution >= 4 is 12.2 Å². The summed E-state index contributed by atoms with van der Waals surface area (Å²) in [6.45, 7) is 0.930. The van der Waals surface area contributed by atoms with Crippen LogP contribution in [0.5, 0.6) is 0 Å². The minimum Gasteiger partial charge on any atom is -0.302 e. The number of benzene rings is 4.